The number of nitrogens with zero attached hydrogens (tertiary/aromatic N) is 8. The number of para-hydroxylation sites is 2. The number of hydrogen-bond donors (Lipinski definition) is 0. The summed E-state index contributed by atoms with van der Waals surface area (Å²) in [4.78, 5) is 7.28. The van der Waals surface area contributed by atoms with Gasteiger partial charge in [-0.1, -0.05) is 66.7 Å². The van der Waals surface area contributed by atoms with Crippen LogP contribution in [0.3, 0.4) is 0 Å². The molecule has 8 heteroatoms. The zero-order valence-electron chi connectivity index (χ0n) is 33.5. The van der Waals surface area contributed by atoms with E-state index in [1.807, 2.05) is 67.6 Å². The first-order valence-corrected chi connectivity index (χ1v) is 19.9. The molecule has 0 N–H and O–H groups in total. The van der Waals surface area contributed by atoms with Crippen molar-refractivity contribution in [3.05, 3.63) is 202 Å². The molecule has 10 aromatic rings. The average molecular weight is 801 g/mol. The van der Waals surface area contributed by atoms with Gasteiger partial charge in [0.15, 0.2) is 11.4 Å². The van der Waals surface area contributed by atoms with Gasteiger partial charge in [0.1, 0.15) is 0 Å². The second kappa shape index (κ2) is 14.8. The van der Waals surface area contributed by atoms with E-state index in [0.29, 0.717) is 45.0 Å². The van der Waals surface area contributed by atoms with Gasteiger partial charge in [-0.15, -0.1) is 0 Å². The number of hydrogen-bond acceptors (Lipinski definition) is 4. The van der Waals surface area contributed by atoms with Gasteiger partial charge in [-0.25, -0.2) is 9.69 Å². The summed E-state index contributed by atoms with van der Waals surface area (Å²) in [5.74, 6) is 0. The van der Waals surface area contributed by atoms with Crippen molar-refractivity contribution in [1.82, 2.24) is 9.13 Å². The van der Waals surface area contributed by atoms with E-state index in [-0.39, 0.29) is 0 Å². The van der Waals surface area contributed by atoms with Crippen LogP contribution in [-0.2, 0) is 0 Å². The monoisotopic (exact) mass is 800 g/mol. The second-order valence-electron chi connectivity index (χ2n) is 15.4. The maximum Gasteiger partial charge on any atom is 0.189 e. The highest BCUT2D eigenvalue weighted by atomic mass is 15.0. The number of nitriles is 4. The molecule has 8 aromatic carbocycles. The summed E-state index contributed by atoms with van der Waals surface area (Å²) >= 11 is 0. The second-order valence-corrected chi connectivity index (χ2v) is 15.4. The van der Waals surface area contributed by atoms with E-state index in [0.717, 1.165) is 82.6 Å². The molecule has 0 bridgehead atoms. The van der Waals surface area contributed by atoms with Crippen molar-refractivity contribution in [1.29, 1.82) is 21.0 Å². The fraction of sp³-hybridized carbons (Fsp3) is 0.0182. The van der Waals surface area contributed by atoms with Crippen LogP contribution in [0.25, 0.3) is 98.1 Å². The third kappa shape index (κ3) is 6.18. The molecule has 0 saturated carbocycles. The maximum atomic E-state index is 10.9. The van der Waals surface area contributed by atoms with Crippen LogP contribution in [0.4, 0.5) is 11.4 Å². The standard InChI is InChI=1S/C55H28N8/c1-33-16-34(29-56)20-42(17-33)55-53(62-49-10-6-4-8-45(49)47-14-12-38(27-51(47)62)40-18-35(30-57)21-43(25-40)60-2)23-37(32-59)24-54(55)63-50-11-7-5-9-46(50)48-15-13-39(28-52(48)63)41-19-36(31-58)22-44(26-41)61-3/h4-28H,1H3. The Morgan fingerprint density at radius 1 is 0.397 bits per heavy atom. The molecule has 8 nitrogen and oxygen atoms in total. The molecule has 0 unspecified atom stereocenters. The lowest BCUT2D eigenvalue weighted by Gasteiger charge is -2.21. The van der Waals surface area contributed by atoms with Gasteiger partial charge >= 0.3 is 0 Å². The van der Waals surface area contributed by atoms with E-state index >= 15 is 0 Å². The van der Waals surface area contributed by atoms with Gasteiger partial charge in [-0.2, -0.15) is 21.0 Å². The van der Waals surface area contributed by atoms with Gasteiger partial charge in [0, 0.05) is 38.2 Å². The Hall–Kier alpha value is -9.70. The molecule has 10 rings (SSSR count). The maximum absolute atomic E-state index is 10.9. The zero-order chi connectivity index (χ0) is 43.4. The Kier molecular flexibility index (Phi) is 8.85. The van der Waals surface area contributed by atoms with E-state index in [9.17, 15) is 21.0 Å². The largest absolute Gasteiger partial charge is 0.308 e. The molecule has 63 heavy (non-hydrogen) atoms. The van der Waals surface area contributed by atoms with Crippen molar-refractivity contribution in [2.45, 2.75) is 6.92 Å². The summed E-state index contributed by atoms with van der Waals surface area (Å²) in [7, 11) is 0. The van der Waals surface area contributed by atoms with Crippen molar-refractivity contribution in [2.24, 2.45) is 0 Å². The van der Waals surface area contributed by atoms with Gasteiger partial charge in [0.2, 0.25) is 0 Å². The van der Waals surface area contributed by atoms with Crippen molar-refractivity contribution in [3.8, 4) is 69.0 Å². The highest BCUT2D eigenvalue weighted by molar-refractivity contribution is 6.13. The summed E-state index contributed by atoms with van der Waals surface area (Å²) in [6, 6.07) is 57.6. The first-order chi connectivity index (χ1) is 30.8. The average Bonchev–Trinajstić information content (AvgIpc) is 3.84. The number of rotatable bonds is 5. The molecule has 0 amide bonds. The highest BCUT2D eigenvalue weighted by Crippen LogP contribution is 2.44. The van der Waals surface area contributed by atoms with Gasteiger partial charge in [-0.3, -0.25) is 0 Å². The van der Waals surface area contributed by atoms with E-state index in [1.165, 1.54) is 0 Å². The Bertz CT molecular complexity index is 3610. The topological polar surface area (TPSA) is 114 Å². The van der Waals surface area contributed by atoms with Crippen LogP contribution in [0.1, 0.15) is 27.8 Å². The third-order valence-electron chi connectivity index (χ3n) is 11.6. The molecular formula is C55H28N8. The lowest BCUT2D eigenvalue weighted by Crippen LogP contribution is -2.05. The zero-order valence-corrected chi connectivity index (χ0v) is 33.5. The minimum Gasteiger partial charge on any atom is -0.308 e. The van der Waals surface area contributed by atoms with E-state index in [2.05, 4.69) is 97.7 Å². The highest BCUT2D eigenvalue weighted by Gasteiger charge is 2.24. The van der Waals surface area contributed by atoms with Crippen molar-refractivity contribution in [3.63, 3.8) is 0 Å². The Morgan fingerprint density at radius 3 is 1.27 bits per heavy atom. The number of aromatic nitrogens is 2. The smallest absolute Gasteiger partial charge is 0.189 e. The molecule has 0 atom stereocenters. The predicted molar refractivity (Wildman–Crippen MR) is 248 cm³/mol. The van der Waals surface area contributed by atoms with E-state index < -0.39 is 0 Å². The van der Waals surface area contributed by atoms with Gasteiger partial charge in [0.05, 0.1) is 82.0 Å². The summed E-state index contributed by atoms with van der Waals surface area (Å²) in [5, 5.41) is 44.9. The molecule has 0 spiro atoms. The van der Waals surface area contributed by atoms with E-state index in [1.54, 1.807) is 36.4 Å². The first kappa shape index (κ1) is 37.6. The molecule has 0 aliphatic heterocycles. The number of aryl methyl sites for hydroxylation is 1. The van der Waals surface area contributed by atoms with E-state index in [4.69, 9.17) is 13.1 Å². The minimum absolute atomic E-state index is 0.366. The summed E-state index contributed by atoms with van der Waals surface area (Å²) in [6.07, 6.45) is 0. The molecule has 0 fully saturated rings. The summed E-state index contributed by atoms with van der Waals surface area (Å²) < 4.78 is 4.34. The van der Waals surface area contributed by atoms with Crippen LogP contribution in [-0.4, -0.2) is 9.13 Å². The number of benzene rings is 8. The first-order valence-electron chi connectivity index (χ1n) is 19.9. The fourth-order valence-electron chi connectivity index (χ4n) is 8.95. The quantitative estimate of drug-likeness (QED) is 0.161. The van der Waals surface area contributed by atoms with Crippen molar-refractivity contribution < 1.29 is 0 Å². The number of fused-ring (bicyclic) bond motifs is 6. The van der Waals surface area contributed by atoms with Crippen molar-refractivity contribution >= 4 is 55.0 Å². The molecule has 0 saturated heterocycles. The minimum atomic E-state index is 0.366. The third-order valence-corrected chi connectivity index (χ3v) is 11.6. The molecule has 2 heterocycles. The fourth-order valence-corrected chi connectivity index (χ4v) is 8.95. The molecule has 2 aromatic heterocycles. The van der Waals surface area contributed by atoms with Crippen LogP contribution < -0.4 is 0 Å². The van der Waals surface area contributed by atoms with Crippen LogP contribution >= 0.6 is 0 Å². The molecule has 288 valence electrons. The van der Waals surface area contributed by atoms with Crippen LogP contribution in [0.5, 0.6) is 0 Å². The van der Waals surface area contributed by atoms with Gasteiger partial charge in [0.25, 0.3) is 0 Å². The van der Waals surface area contributed by atoms with Gasteiger partial charge < -0.3 is 9.13 Å². The SMILES string of the molecule is [C-]#[N+]c1cc(C#N)cc(-c2ccc3c4ccccc4n(-c4cc(C#N)cc(-n5c6ccccc6c6ccc(-c7cc(C#N)cc([N+]#[C-])c7)cc65)c4-c4cc(C)cc(C#N)c4)c3c2)c1. The normalized spacial score (nSPS) is 10.8. The van der Waals surface area contributed by atoms with Crippen LogP contribution in [0.15, 0.2) is 152 Å². The van der Waals surface area contributed by atoms with Crippen LogP contribution in [0.2, 0.25) is 0 Å². The summed E-state index contributed by atoms with van der Waals surface area (Å²) in [6.45, 7) is 17.4. The predicted octanol–water partition coefficient (Wildman–Crippen LogP) is 13.8. The van der Waals surface area contributed by atoms with Crippen molar-refractivity contribution in [2.75, 3.05) is 0 Å². The Morgan fingerprint density at radius 2 is 0.810 bits per heavy atom. The van der Waals surface area contributed by atoms with Crippen LogP contribution in [0, 0.1) is 65.4 Å². The Labute approximate surface area is 362 Å². The molecule has 0 aliphatic rings. The molecule has 0 aliphatic carbocycles. The Balaban J connectivity index is 1.36. The molecule has 0 radical (unpaired) electrons. The summed E-state index contributed by atoms with van der Waals surface area (Å²) in [5.41, 5.74) is 12.8. The lowest BCUT2D eigenvalue weighted by atomic mass is 9.95. The van der Waals surface area contributed by atoms with Gasteiger partial charge in [-0.05, 0) is 125 Å². The lowest BCUT2D eigenvalue weighted by molar-refractivity contribution is 1.13. The molecular weight excluding hydrogens is 773 g/mol.